The number of methoxy groups -OCH3 is 1. The van der Waals surface area contributed by atoms with Gasteiger partial charge in [-0.05, 0) is 12.8 Å². The van der Waals surface area contributed by atoms with Crippen LogP contribution < -0.4 is 10.0 Å². The summed E-state index contributed by atoms with van der Waals surface area (Å²) in [6.45, 7) is 1.87. The zero-order valence-corrected chi connectivity index (χ0v) is 11.6. The van der Waals surface area contributed by atoms with E-state index in [9.17, 15) is 8.42 Å². The van der Waals surface area contributed by atoms with E-state index < -0.39 is 15.6 Å². The van der Waals surface area contributed by atoms with Gasteiger partial charge in [-0.3, -0.25) is 0 Å². The smallest absolute Gasteiger partial charge is 0.212 e. The molecule has 2 fully saturated rings. The number of rotatable bonds is 8. The molecule has 0 aromatic heterocycles. The SMILES string of the molecule is COC1(CNS(=O)(=O)CCNC2CC2)CCOC1. The van der Waals surface area contributed by atoms with Gasteiger partial charge in [0.15, 0.2) is 0 Å². The third-order valence-corrected chi connectivity index (χ3v) is 4.82. The standard InChI is InChI=1S/C11H22N2O4S/c1-16-11(4-6-17-9-11)8-13-18(14,15)7-5-12-10-2-3-10/h10,12-13H,2-9H2,1H3. The Morgan fingerprint density at radius 3 is 2.78 bits per heavy atom. The number of sulfonamides is 1. The molecule has 1 aliphatic carbocycles. The predicted molar refractivity (Wildman–Crippen MR) is 68.0 cm³/mol. The summed E-state index contributed by atoms with van der Waals surface area (Å²) in [5, 5.41) is 3.19. The van der Waals surface area contributed by atoms with Crippen LogP contribution in [0.25, 0.3) is 0 Å². The van der Waals surface area contributed by atoms with Crippen LogP contribution in [0.1, 0.15) is 19.3 Å². The molecule has 1 heterocycles. The lowest BCUT2D eigenvalue weighted by molar-refractivity contribution is -0.0120. The first-order valence-corrected chi connectivity index (χ1v) is 8.04. The topological polar surface area (TPSA) is 76.7 Å². The average molecular weight is 278 g/mol. The van der Waals surface area contributed by atoms with Crippen LogP contribution >= 0.6 is 0 Å². The van der Waals surface area contributed by atoms with E-state index >= 15 is 0 Å². The highest BCUT2D eigenvalue weighted by molar-refractivity contribution is 7.89. The Kier molecular flexibility index (Phi) is 4.60. The molecule has 2 rings (SSSR count). The lowest BCUT2D eigenvalue weighted by atomic mass is 10.0. The van der Waals surface area contributed by atoms with Gasteiger partial charge in [-0.2, -0.15) is 0 Å². The summed E-state index contributed by atoms with van der Waals surface area (Å²) in [6, 6.07) is 0.536. The minimum absolute atomic E-state index is 0.115. The summed E-state index contributed by atoms with van der Waals surface area (Å²) in [7, 11) is -1.64. The van der Waals surface area contributed by atoms with E-state index in [0.29, 0.717) is 25.8 Å². The molecule has 1 atom stereocenters. The zero-order chi connectivity index (χ0) is 13.1. The second-order valence-electron chi connectivity index (χ2n) is 5.06. The molecule has 18 heavy (non-hydrogen) atoms. The summed E-state index contributed by atoms with van der Waals surface area (Å²) >= 11 is 0. The van der Waals surface area contributed by atoms with Gasteiger partial charge in [-0.25, -0.2) is 13.1 Å². The number of nitrogens with one attached hydrogen (secondary N) is 2. The van der Waals surface area contributed by atoms with Crippen LogP contribution in [-0.2, 0) is 19.5 Å². The molecule has 1 saturated heterocycles. The molecule has 6 nitrogen and oxygen atoms in total. The molecule has 0 bridgehead atoms. The Hall–Kier alpha value is -0.210. The third-order valence-electron chi connectivity index (χ3n) is 3.50. The molecule has 1 saturated carbocycles. The van der Waals surface area contributed by atoms with Gasteiger partial charge in [-0.1, -0.05) is 0 Å². The van der Waals surface area contributed by atoms with E-state index in [0.717, 1.165) is 19.3 Å². The monoisotopic (exact) mass is 278 g/mol. The Morgan fingerprint density at radius 1 is 1.44 bits per heavy atom. The number of hydrogen-bond acceptors (Lipinski definition) is 5. The Morgan fingerprint density at radius 2 is 2.22 bits per heavy atom. The maximum Gasteiger partial charge on any atom is 0.212 e. The van der Waals surface area contributed by atoms with Crippen LogP contribution in [0.3, 0.4) is 0 Å². The fraction of sp³-hybridized carbons (Fsp3) is 1.00. The largest absolute Gasteiger partial charge is 0.378 e. The van der Waals surface area contributed by atoms with E-state index in [4.69, 9.17) is 9.47 Å². The predicted octanol–water partition coefficient (Wildman–Crippen LogP) is -0.537. The van der Waals surface area contributed by atoms with Gasteiger partial charge in [0.1, 0.15) is 5.60 Å². The fourth-order valence-corrected chi connectivity index (χ4v) is 2.97. The summed E-state index contributed by atoms with van der Waals surface area (Å²) in [6.07, 6.45) is 3.06. The second-order valence-corrected chi connectivity index (χ2v) is 6.98. The third kappa shape index (κ3) is 4.17. The molecule has 2 aliphatic rings. The Balaban J connectivity index is 1.72. The van der Waals surface area contributed by atoms with Crippen LogP contribution in [0.2, 0.25) is 0 Å². The first-order chi connectivity index (χ1) is 8.55. The molecule has 0 radical (unpaired) electrons. The first-order valence-electron chi connectivity index (χ1n) is 6.39. The lowest BCUT2D eigenvalue weighted by Crippen LogP contribution is -2.46. The van der Waals surface area contributed by atoms with Crippen molar-refractivity contribution in [2.24, 2.45) is 0 Å². The minimum atomic E-state index is -3.23. The van der Waals surface area contributed by atoms with Crippen molar-refractivity contribution in [1.82, 2.24) is 10.0 Å². The van der Waals surface area contributed by atoms with Crippen LogP contribution in [0.5, 0.6) is 0 Å². The van der Waals surface area contributed by atoms with Crippen LogP contribution in [0.15, 0.2) is 0 Å². The van der Waals surface area contributed by atoms with Crippen molar-refractivity contribution in [1.29, 1.82) is 0 Å². The quantitative estimate of drug-likeness (QED) is 0.624. The average Bonchev–Trinajstić information content (AvgIpc) is 3.04. The van der Waals surface area contributed by atoms with Crippen LogP contribution in [0.4, 0.5) is 0 Å². The summed E-state index contributed by atoms with van der Waals surface area (Å²) in [4.78, 5) is 0. The molecule has 0 spiro atoms. The van der Waals surface area contributed by atoms with Crippen molar-refractivity contribution < 1.29 is 17.9 Å². The van der Waals surface area contributed by atoms with Gasteiger partial charge in [-0.15, -0.1) is 0 Å². The van der Waals surface area contributed by atoms with Gasteiger partial charge in [0.05, 0.1) is 12.4 Å². The van der Waals surface area contributed by atoms with Crippen molar-refractivity contribution in [3.63, 3.8) is 0 Å². The first kappa shape index (κ1) is 14.2. The number of hydrogen-bond donors (Lipinski definition) is 2. The number of ether oxygens (including phenoxy) is 2. The molecular weight excluding hydrogens is 256 g/mol. The molecule has 0 aromatic rings. The van der Waals surface area contributed by atoms with Crippen molar-refractivity contribution >= 4 is 10.0 Å². The van der Waals surface area contributed by atoms with E-state index in [1.807, 2.05) is 0 Å². The summed E-state index contributed by atoms with van der Waals surface area (Å²) < 4.78 is 36.9. The van der Waals surface area contributed by atoms with Crippen LogP contribution in [-0.4, -0.2) is 59.2 Å². The molecular formula is C11H22N2O4S. The molecule has 7 heteroatoms. The maximum absolute atomic E-state index is 11.8. The molecule has 2 N–H and O–H groups in total. The van der Waals surface area contributed by atoms with Gasteiger partial charge in [0, 0.05) is 39.3 Å². The zero-order valence-electron chi connectivity index (χ0n) is 10.8. The Bertz CT molecular complexity index is 361. The molecule has 106 valence electrons. The van der Waals surface area contributed by atoms with E-state index in [-0.39, 0.29) is 12.3 Å². The Labute approximate surface area is 108 Å². The van der Waals surface area contributed by atoms with E-state index in [1.165, 1.54) is 0 Å². The van der Waals surface area contributed by atoms with E-state index in [1.54, 1.807) is 7.11 Å². The van der Waals surface area contributed by atoms with Gasteiger partial charge < -0.3 is 14.8 Å². The molecule has 0 amide bonds. The summed E-state index contributed by atoms with van der Waals surface area (Å²) in [5.74, 6) is 0.115. The van der Waals surface area contributed by atoms with Crippen molar-refractivity contribution in [3.05, 3.63) is 0 Å². The van der Waals surface area contributed by atoms with Gasteiger partial charge in [0.25, 0.3) is 0 Å². The van der Waals surface area contributed by atoms with Gasteiger partial charge in [0.2, 0.25) is 10.0 Å². The van der Waals surface area contributed by atoms with E-state index in [2.05, 4.69) is 10.0 Å². The van der Waals surface area contributed by atoms with Gasteiger partial charge >= 0.3 is 0 Å². The van der Waals surface area contributed by atoms with Crippen molar-refractivity contribution in [3.8, 4) is 0 Å². The maximum atomic E-state index is 11.8. The summed E-state index contributed by atoms with van der Waals surface area (Å²) in [5.41, 5.74) is -0.489. The normalized spacial score (nSPS) is 28.7. The highest BCUT2D eigenvalue weighted by Gasteiger charge is 2.35. The van der Waals surface area contributed by atoms with Crippen molar-refractivity contribution in [2.45, 2.75) is 30.9 Å². The lowest BCUT2D eigenvalue weighted by Gasteiger charge is -2.25. The minimum Gasteiger partial charge on any atom is -0.378 e. The molecule has 1 aliphatic heterocycles. The highest BCUT2D eigenvalue weighted by atomic mass is 32.2. The fourth-order valence-electron chi connectivity index (χ4n) is 1.96. The van der Waals surface area contributed by atoms with Crippen molar-refractivity contribution in [2.75, 3.05) is 39.2 Å². The molecule has 1 unspecified atom stereocenters. The van der Waals surface area contributed by atoms with Crippen LogP contribution in [0, 0.1) is 0 Å². The highest BCUT2D eigenvalue weighted by Crippen LogP contribution is 2.21. The second kappa shape index (κ2) is 5.83. The molecule has 0 aromatic carbocycles.